The molecule has 0 radical (unpaired) electrons. The van der Waals surface area contributed by atoms with Crippen LogP contribution in [0.15, 0.2) is 0 Å². The number of carbonyl (C=O) groups is 1. The number of hydrogen-bond donors (Lipinski definition) is 1. The van der Waals surface area contributed by atoms with Crippen molar-refractivity contribution in [2.75, 3.05) is 13.2 Å². The molecular weight excluding hydrogens is 228 g/mol. The summed E-state index contributed by atoms with van der Waals surface area (Å²) in [5, 5.41) is 0. The standard InChI is InChI=1S/C11H22N2O2.ClH/c1-7-6-15-8(2)5-13(7)11(14)9(3)10(4)12;/h7-10H,5-6,12H2,1-4H3;1H. The smallest absolute Gasteiger partial charge is 0.227 e. The summed E-state index contributed by atoms with van der Waals surface area (Å²) < 4.78 is 5.49. The molecule has 0 aliphatic carbocycles. The highest BCUT2D eigenvalue weighted by atomic mass is 35.5. The van der Waals surface area contributed by atoms with Gasteiger partial charge in [-0.1, -0.05) is 6.92 Å². The minimum absolute atomic E-state index is 0. The third kappa shape index (κ3) is 3.61. The van der Waals surface area contributed by atoms with Crippen molar-refractivity contribution in [1.29, 1.82) is 0 Å². The summed E-state index contributed by atoms with van der Waals surface area (Å²) in [4.78, 5) is 14.0. The normalized spacial score (nSPS) is 29.2. The van der Waals surface area contributed by atoms with Crippen molar-refractivity contribution >= 4 is 18.3 Å². The maximum Gasteiger partial charge on any atom is 0.227 e. The van der Waals surface area contributed by atoms with E-state index in [0.29, 0.717) is 13.2 Å². The van der Waals surface area contributed by atoms with E-state index < -0.39 is 0 Å². The van der Waals surface area contributed by atoms with Crippen molar-refractivity contribution < 1.29 is 9.53 Å². The van der Waals surface area contributed by atoms with Gasteiger partial charge in [-0.2, -0.15) is 0 Å². The van der Waals surface area contributed by atoms with Gasteiger partial charge < -0.3 is 15.4 Å². The highest BCUT2D eigenvalue weighted by molar-refractivity contribution is 5.85. The van der Waals surface area contributed by atoms with Gasteiger partial charge in [0.15, 0.2) is 0 Å². The van der Waals surface area contributed by atoms with Crippen molar-refractivity contribution in [3.63, 3.8) is 0 Å². The number of amides is 1. The average molecular weight is 251 g/mol. The second-order valence-electron chi connectivity index (χ2n) is 4.63. The predicted molar refractivity (Wildman–Crippen MR) is 66.7 cm³/mol. The van der Waals surface area contributed by atoms with E-state index in [-0.39, 0.29) is 42.4 Å². The Kier molecular flexibility index (Phi) is 6.30. The van der Waals surface area contributed by atoms with E-state index in [1.807, 2.05) is 32.6 Å². The molecule has 1 saturated heterocycles. The van der Waals surface area contributed by atoms with Crippen LogP contribution < -0.4 is 5.73 Å². The fourth-order valence-corrected chi connectivity index (χ4v) is 1.70. The number of nitrogens with zero attached hydrogens (tertiary/aromatic N) is 1. The van der Waals surface area contributed by atoms with Crippen LogP contribution in [0.1, 0.15) is 27.7 Å². The molecule has 0 aromatic heterocycles. The summed E-state index contributed by atoms with van der Waals surface area (Å²) >= 11 is 0. The Labute approximate surface area is 104 Å². The van der Waals surface area contributed by atoms with Crippen molar-refractivity contribution in [1.82, 2.24) is 4.90 Å². The summed E-state index contributed by atoms with van der Waals surface area (Å²) in [5.74, 6) is 0.0328. The second kappa shape index (κ2) is 6.42. The number of hydrogen-bond acceptors (Lipinski definition) is 3. The van der Waals surface area contributed by atoms with Crippen molar-refractivity contribution in [3.8, 4) is 0 Å². The highest BCUT2D eigenvalue weighted by Crippen LogP contribution is 2.15. The number of morpholine rings is 1. The number of rotatable bonds is 2. The largest absolute Gasteiger partial charge is 0.375 e. The molecule has 0 saturated carbocycles. The predicted octanol–water partition coefficient (Wildman–Crippen LogP) is 1.03. The first kappa shape index (κ1) is 15.7. The molecule has 4 nitrogen and oxygen atoms in total. The van der Waals surface area contributed by atoms with Crippen molar-refractivity contribution in [2.24, 2.45) is 11.7 Å². The molecule has 16 heavy (non-hydrogen) atoms. The average Bonchev–Trinajstić information content (AvgIpc) is 2.19. The van der Waals surface area contributed by atoms with E-state index in [1.165, 1.54) is 0 Å². The maximum absolute atomic E-state index is 12.1. The fourth-order valence-electron chi connectivity index (χ4n) is 1.70. The fraction of sp³-hybridized carbons (Fsp3) is 0.909. The molecule has 5 heteroatoms. The van der Waals surface area contributed by atoms with E-state index >= 15 is 0 Å². The Bertz CT molecular complexity index is 236. The molecule has 0 aromatic rings. The Balaban J connectivity index is 0.00000225. The molecule has 0 aromatic carbocycles. The number of carbonyl (C=O) groups excluding carboxylic acids is 1. The molecule has 1 heterocycles. The Morgan fingerprint density at radius 1 is 1.44 bits per heavy atom. The van der Waals surface area contributed by atoms with Crippen LogP contribution in [0, 0.1) is 5.92 Å². The van der Waals surface area contributed by atoms with Crippen LogP contribution in [0.25, 0.3) is 0 Å². The Hall–Kier alpha value is -0.320. The van der Waals surface area contributed by atoms with Crippen LogP contribution in [-0.2, 0) is 9.53 Å². The lowest BCUT2D eigenvalue weighted by molar-refractivity contribution is -0.147. The van der Waals surface area contributed by atoms with Crippen molar-refractivity contribution in [2.45, 2.75) is 45.9 Å². The molecule has 0 spiro atoms. The van der Waals surface area contributed by atoms with Crippen LogP contribution >= 0.6 is 12.4 Å². The van der Waals surface area contributed by atoms with Gasteiger partial charge in [-0.05, 0) is 20.8 Å². The monoisotopic (exact) mass is 250 g/mol. The van der Waals surface area contributed by atoms with Crippen LogP contribution in [0.4, 0.5) is 0 Å². The van der Waals surface area contributed by atoms with Gasteiger partial charge in [-0.25, -0.2) is 0 Å². The molecule has 4 atom stereocenters. The summed E-state index contributed by atoms with van der Waals surface area (Å²) in [5.41, 5.74) is 5.74. The topological polar surface area (TPSA) is 55.6 Å². The van der Waals surface area contributed by atoms with Crippen LogP contribution in [0.3, 0.4) is 0 Å². The third-order valence-corrected chi connectivity index (χ3v) is 3.07. The zero-order valence-electron chi connectivity index (χ0n) is 10.5. The third-order valence-electron chi connectivity index (χ3n) is 3.07. The highest BCUT2D eigenvalue weighted by Gasteiger charge is 2.31. The van der Waals surface area contributed by atoms with E-state index in [1.54, 1.807) is 0 Å². The van der Waals surface area contributed by atoms with Gasteiger partial charge in [0.25, 0.3) is 0 Å². The zero-order chi connectivity index (χ0) is 11.6. The lowest BCUT2D eigenvalue weighted by atomic mass is 10.0. The number of ether oxygens (including phenoxy) is 1. The van der Waals surface area contributed by atoms with Crippen LogP contribution in [-0.4, -0.2) is 42.1 Å². The Morgan fingerprint density at radius 2 is 2.00 bits per heavy atom. The van der Waals surface area contributed by atoms with E-state index in [0.717, 1.165) is 0 Å². The quantitative estimate of drug-likeness (QED) is 0.797. The maximum atomic E-state index is 12.1. The first-order valence-corrected chi connectivity index (χ1v) is 5.61. The van der Waals surface area contributed by atoms with Gasteiger partial charge in [0.05, 0.1) is 24.7 Å². The molecule has 96 valence electrons. The lowest BCUT2D eigenvalue weighted by Crippen LogP contribution is -2.53. The molecule has 4 unspecified atom stereocenters. The summed E-state index contributed by atoms with van der Waals surface area (Å²) in [6.45, 7) is 9.06. The van der Waals surface area contributed by atoms with E-state index in [4.69, 9.17) is 10.5 Å². The molecule has 1 rings (SSSR count). The summed E-state index contributed by atoms with van der Waals surface area (Å²) in [7, 11) is 0. The van der Waals surface area contributed by atoms with E-state index in [9.17, 15) is 4.79 Å². The molecule has 2 N–H and O–H groups in total. The van der Waals surface area contributed by atoms with Crippen LogP contribution in [0.2, 0.25) is 0 Å². The summed E-state index contributed by atoms with van der Waals surface area (Å²) in [6.07, 6.45) is 0.130. The molecule has 1 aliphatic rings. The van der Waals surface area contributed by atoms with Gasteiger partial charge in [0.1, 0.15) is 0 Å². The van der Waals surface area contributed by atoms with Gasteiger partial charge in [0.2, 0.25) is 5.91 Å². The molecule has 1 aliphatic heterocycles. The minimum atomic E-state index is -0.113. The summed E-state index contributed by atoms with van der Waals surface area (Å²) in [6, 6.07) is 0.0674. The van der Waals surface area contributed by atoms with Crippen LogP contribution in [0.5, 0.6) is 0 Å². The van der Waals surface area contributed by atoms with E-state index in [2.05, 4.69) is 0 Å². The zero-order valence-corrected chi connectivity index (χ0v) is 11.3. The molecular formula is C11H23ClN2O2. The van der Waals surface area contributed by atoms with Crippen molar-refractivity contribution in [3.05, 3.63) is 0 Å². The minimum Gasteiger partial charge on any atom is -0.375 e. The van der Waals surface area contributed by atoms with Gasteiger partial charge in [0, 0.05) is 12.6 Å². The first-order valence-electron chi connectivity index (χ1n) is 5.61. The Morgan fingerprint density at radius 3 is 2.50 bits per heavy atom. The lowest BCUT2D eigenvalue weighted by Gasteiger charge is -2.38. The first-order chi connectivity index (χ1) is 6.93. The molecule has 1 fully saturated rings. The van der Waals surface area contributed by atoms with Gasteiger partial charge in [-0.15, -0.1) is 12.4 Å². The second-order valence-corrected chi connectivity index (χ2v) is 4.63. The number of nitrogens with two attached hydrogens (primary N) is 1. The SMILES string of the molecule is CC1CN(C(=O)C(C)C(C)N)C(C)CO1.Cl. The number of halogens is 1. The molecule has 0 bridgehead atoms. The van der Waals surface area contributed by atoms with Gasteiger partial charge >= 0.3 is 0 Å². The van der Waals surface area contributed by atoms with Gasteiger partial charge in [-0.3, -0.25) is 4.79 Å². The molecule has 1 amide bonds.